The fourth-order valence-corrected chi connectivity index (χ4v) is 1.04. The van der Waals surface area contributed by atoms with Crippen LogP contribution in [0, 0.1) is 4.64 Å². The van der Waals surface area contributed by atoms with E-state index in [9.17, 15) is 4.79 Å². The Morgan fingerprint density at radius 3 is 3.00 bits per heavy atom. The van der Waals surface area contributed by atoms with Gasteiger partial charge in [-0.3, -0.25) is 4.79 Å². The fraction of sp³-hybridized carbons (Fsp3) is 0. The summed E-state index contributed by atoms with van der Waals surface area (Å²) in [6.07, 6.45) is 1.39. The Balaban J connectivity index is 2.85. The molecule has 0 saturated carbocycles. The molecule has 1 aliphatic heterocycles. The zero-order valence-electron chi connectivity index (χ0n) is 5.24. The van der Waals surface area contributed by atoms with Crippen molar-refractivity contribution in [3.63, 3.8) is 0 Å². The van der Waals surface area contributed by atoms with Crippen LogP contribution in [0.3, 0.4) is 0 Å². The Kier molecular flexibility index (Phi) is 1.16. The molecule has 0 spiro atoms. The van der Waals surface area contributed by atoms with E-state index in [0.717, 1.165) is 0 Å². The van der Waals surface area contributed by atoms with Crippen LogP contribution in [0.1, 0.15) is 10.4 Å². The zero-order valence-corrected chi connectivity index (χ0v) is 6.05. The summed E-state index contributed by atoms with van der Waals surface area (Å²) in [5.41, 5.74) is 0.294. The van der Waals surface area contributed by atoms with Crippen molar-refractivity contribution in [2.45, 2.75) is 0 Å². The van der Waals surface area contributed by atoms with Gasteiger partial charge in [0.1, 0.15) is 10.2 Å². The molecule has 0 aromatic carbocycles. The number of aromatic amines is 1. The first-order valence-corrected chi connectivity index (χ1v) is 3.23. The number of H-pyrrole nitrogens is 1. The molecule has 0 atom stereocenters. The number of nitrogens with one attached hydrogen (secondary N) is 1. The van der Waals surface area contributed by atoms with Crippen molar-refractivity contribution >= 4 is 23.9 Å². The zero-order chi connectivity index (χ0) is 7.84. The van der Waals surface area contributed by atoms with Gasteiger partial charge in [-0.2, -0.15) is 0 Å². The summed E-state index contributed by atoms with van der Waals surface area (Å²) in [6.45, 7) is 0. The maximum Gasteiger partial charge on any atom is 0.302 e. The fourth-order valence-electron chi connectivity index (χ4n) is 0.807. The molecular weight excluding hydrogens is 164 g/mol. The topological polar surface area (TPSA) is 70.5 Å². The molecule has 0 fully saturated rings. The van der Waals surface area contributed by atoms with Gasteiger partial charge in [0.2, 0.25) is 0 Å². The first-order valence-electron chi connectivity index (χ1n) is 2.83. The first-order chi connectivity index (χ1) is 5.29. The number of carbonyl (C=O) groups excluding carboxylic acids is 1. The summed E-state index contributed by atoms with van der Waals surface area (Å²) in [6, 6.07) is 0. The lowest BCUT2D eigenvalue weighted by Gasteiger charge is -1.89. The molecule has 6 heteroatoms. The molecule has 1 aliphatic rings. The van der Waals surface area contributed by atoms with E-state index in [1.807, 2.05) is 0 Å². The summed E-state index contributed by atoms with van der Waals surface area (Å²) in [5, 5.41) is 6.87. The van der Waals surface area contributed by atoms with Gasteiger partial charge < -0.3 is 4.98 Å². The monoisotopic (exact) mass is 166 g/mol. The summed E-state index contributed by atoms with van der Waals surface area (Å²) in [4.78, 5) is 17.3. The normalized spacial score (nSPS) is 13.6. The molecule has 1 aromatic heterocycles. The minimum Gasteiger partial charge on any atom is -0.329 e. The number of rotatable bonds is 0. The predicted octanol–water partition coefficient (Wildman–Crippen LogP) is 1.38. The van der Waals surface area contributed by atoms with E-state index in [0.29, 0.717) is 11.4 Å². The van der Waals surface area contributed by atoms with E-state index in [4.69, 9.17) is 12.2 Å². The van der Waals surface area contributed by atoms with Crippen molar-refractivity contribution in [3.05, 3.63) is 16.5 Å². The SMILES string of the molecule is O=C1N=Nc2[nH]cnc(=S)c21. The van der Waals surface area contributed by atoms with Crippen molar-refractivity contribution < 1.29 is 4.79 Å². The Morgan fingerprint density at radius 2 is 2.27 bits per heavy atom. The van der Waals surface area contributed by atoms with Gasteiger partial charge in [0.15, 0.2) is 5.82 Å². The van der Waals surface area contributed by atoms with Crippen LogP contribution in [0.2, 0.25) is 0 Å². The van der Waals surface area contributed by atoms with Crippen LogP contribution in [0.5, 0.6) is 0 Å². The average Bonchev–Trinajstić information content (AvgIpc) is 2.34. The summed E-state index contributed by atoms with van der Waals surface area (Å²) >= 11 is 4.78. The van der Waals surface area contributed by atoms with Crippen LogP contribution >= 0.6 is 12.2 Å². The van der Waals surface area contributed by atoms with Crippen molar-refractivity contribution in [2.75, 3.05) is 0 Å². The van der Waals surface area contributed by atoms with E-state index >= 15 is 0 Å². The number of hydrogen-bond donors (Lipinski definition) is 1. The van der Waals surface area contributed by atoms with Crippen molar-refractivity contribution in [1.82, 2.24) is 9.97 Å². The van der Waals surface area contributed by atoms with Crippen molar-refractivity contribution in [3.8, 4) is 0 Å². The van der Waals surface area contributed by atoms with Crippen molar-refractivity contribution in [2.24, 2.45) is 10.2 Å². The summed E-state index contributed by atoms with van der Waals surface area (Å²) < 4.78 is 0.244. The standard InChI is InChI=1S/C5H2N4OS/c10-4-2-3(8-9-4)6-1-7-5(2)11/h1H,(H,6,7,11). The molecule has 0 aliphatic carbocycles. The molecule has 2 rings (SSSR count). The maximum atomic E-state index is 10.9. The highest BCUT2D eigenvalue weighted by molar-refractivity contribution is 7.71. The van der Waals surface area contributed by atoms with E-state index in [-0.39, 0.29) is 4.64 Å². The van der Waals surface area contributed by atoms with E-state index in [1.165, 1.54) is 6.33 Å². The van der Waals surface area contributed by atoms with Crippen LogP contribution in [0.25, 0.3) is 0 Å². The molecule has 1 amide bonds. The molecule has 1 aromatic rings. The molecule has 0 bridgehead atoms. The lowest BCUT2D eigenvalue weighted by Crippen LogP contribution is -1.93. The molecule has 0 saturated heterocycles. The second-order valence-electron chi connectivity index (χ2n) is 1.94. The van der Waals surface area contributed by atoms with Crippen LogP contribution in [-0.2, 0) is 0 Å². The highest BCUT2D eigenvalue weighted by Crippen LogP contribution is 2.22. The number of aromatic nitrogens is 2. The third-order valence-electron chi connectivity index (χ3n) is 1.29. The van der Waals surface area contributed by atoms with Gasteiger partial charge in [0.25, 0.3) is 0 Å². The lowest BCUT2D eigenvalue weighted by molar-refractivity contribution is 0.100. The predicted molar refractivity (Wildman–Crippen MR) is 38.3 cm³/mol. The van der Waals surface area contributed by atoms with Crippen LogP contribution < -0.4 is 0 Å². The molecule has 11 heavy (non-hydrogen) atoms. The largest absolute Gasteiger partial charge is 0.329 e. The molecule has 0 radical (unpaired) electrons. The number of nitrogens with zero attached hydrogens (tertiary/aromatic N) is 3. The van der Waals surface area contributed by atoms with Crippen LogP contribution in [0.4, 0.5) is 5.82 Å². The van der Waals surface area contributed by atoms with E-state index in [2.05, 4.69) is 20.2 Å². The smallest absolute Gasteiger partial charge is 0.302 e. The second kappa shape index (κ2) is 2.03. The molecule has 1 N–H and O–H groups in total. The summed E-state index contributed by atoms with van der Waals surface area (Å²) in [5.74, 6) is -0.0237. The Morgan fingerprint density at radius 1 is 1.45 bits per heavy atom. The molecule has 2 heterocycles. The maximum absolute atomic E-state index is 10.9. The third-order valence-corrected chi connectivity index (χ3v) is 1.60. The van der Waals surface area contributed by atoms with Gasteiger partial charge in [-0.15, -0.1) is 10.2 Å². The Bertz CT molecular complexity index is 407. The minimum atomic E-state index is -0.422. The number of fused-ring (bicyclic) bond motifs is 1. The number of amides is 1. The highest BCUT2D eigenvalue weighted by Gasteiger charge is 2.19. The van der Waals surface area contributed by atoms with Gasteiger partial charge in [0, 0.05) is 0 Å². The molecule has 0 unspecified atom stereocenters. The Hall–Kier alpha value is -1.43. The third kappa shape index (κ3) is 0.795. The van der Waals surface area contributed by atoms with Gasteiger partial charge in [0.05, 0.1) is 6.33 Å². The van der Waals surface area contributed by atoms with Gasteiger partial charge in [-0.25, -0.2) is 4.98 Å². The first kappa shape index (κ1) is 6.29. The number of carbonyl (C=O) groups is 1. The molecular formula is C5H2N4OS. The minimum absolute atomic E-state index is 0.244. The van der Waals surface area contributed by atoms with Crippen molar-refractivity contribution in [1.29, 1.82) is 0 Å². The number of azo groups is 1. The van der Waals surface area contributed by atoms with Gasteiger partial charge in [-0.1, -0.05) is 12.2 Å². The Labute approximate surface area is 66.2 Å². The van der Waals surface area contributed by atoms with E-state index in [1.54, 1.807) is 0 Å². The van der Waals surface area contributed by atoms with E-state index < -0.39 is 5.91 Å². The second-order valence-corrected chi connectivity index (χ2v) is 2.32. The van der Waals surface area contributed by atoms with Gasteiger partial charge in [-0.05, 0) is 0 Å². The van der Waals surface area contributed by atoms with Crippen LogP contribution in [0.15, 0.2) is 16.6 Å². The average molecular weight is 166 g/mol. The highest BCUT2D eigenvalue weighted by atomic mass is 32.1. The molecule has 5 nitrogen and oxygen atoms in total. The summed E-state index contributed by atoms with van der Waals surface area (Å²) in [7, 11) is 0. The molecule has 54 valence electrons. The number of hydrogen-bond acceptors (Lipinski definition) is 4. The lowest BCUT2D eigenvalue weighted by atomic mass is 10.3. The quantitative estimate of drug-likeness (QED) is 0.592. The van der Waals surface area contributed by atoms with Gasteiger partial charge >= 0.3 is 5.91 Å². The van der Waals surface area contributed by atoms with Crippen LogP contribution in [-0.4, -0.2) is 15.9 Å².